The van der Waals surface area contributed by atoms with Crippen molar-refractivity contribution in [1.82, 2.24) is 10.3 Å². The van der Waals surface area contributed by atoms with E-state index >= 15 is 0 Å². The van der Waals surface area contributed by atoms with Gasteiger partial charge in [0, 0.05) is 5.56 Å². The highest BCUT2D eigenvalue weighted by Crippen LogP contribution is 2.42. The van der Waals surface area contributed by atoms with E-state index < -0.39 is 35.5 Å². The Bertz CT molecular complexity index is 1250. The number of benzene rings is 2. The summed E-state index contributed by atoms with van der Waals surface area (Å²) in [6.45, 7) is 4.45. The van der Waals surface area contributed by atoms with Gasteiger partial charge in [0.1, 0.15) is 6.61 Å². The fourth-order valence-electron chi connectivity index (χ4n) is 3.58. The maximum Gasteiger partial charge on any atom is 0.422 e. The van der Waals surface area contributed by atoms with Crippen LogP contribution >= 0.6 is 0 Å². The van der Waals surface area contributed by atoms with Gasteiger partial charge in [-0.05, 0) is 55.7 Å². The van der Waals surface area contributed by atoms with Crippen LogP contribution in [0.1, 0.15) is 49.6 Å². The maximum atomic E-state index is 13.9. The third-order valence-electron chi connectivity index (χ3n) is 5.89. The Hall–Kier alpha value is -3.90. The molecule has 1 unspecified atom stereocenters. The topological polar surface area (TPSA) is 95.2 Å². The molecule has 0 saturated carbocycles. The van der Waals surface area contributed by atoms with Crippen molar-refractivity contribution in [3.05, 3.63) is 89.1 Å². The van der Waals surface area contributed by atoms with Crippen LogP contribution in [0.15, 0.2) is 66.7 Å². The lowest BCUT2D eigenvalue weighted by molar-refractivity contribution is -0.269. The highest BCUT2D eigenvalue weighted by Gasteiger charge is 2.55. The third-order valence-corrected chi connectivity index (χ3v) is 5.89. The standard InChI is InChI=1S/C27H26F3N3O3/c1-4-26(35,27(28,29)30)23-15-21(14-22(32-23)20-12-10-18(16-31)11-13-20)25(2,3)33-24(34)36-17-19-8-6-5-7-9-19/h5-15,35H,4,17H2,1-3H3,(H,33,34). The molecule has 9 heteroatoms. The summed E-state index contributed by atoms with van der Waals surface area (Å²) < 4.78 is 47.0. The first-order valence-electron chi connectivity index (χ1n) is 11.2. The maximum absolute atomic E-state index is 13.9. The number of nitrogens with one attached hydrogen (secondary N) is 1. The molecule has 0 fully saturated rings. The molecule has 188 valence electrons. The third kappa shape index (κ3) is 5.83. The largest absolute Gasteiger partial charge is 0.445 e. The Labute approximate surface area is 207 Å². The molecule has 3 aromatic rings. The molecule has 1 atom stereocenters. The van der Waals surface area contributed by atoms with Gasteiger partial charge in [-0.1, -0.05) is 49.4 Å². The zero-order valence-electron chi connectivity index (χ0n) is 20.1. The summed E-state index contributed by atoms with van der Waals surface area (Å²) in [6, 6.07) is 19.8. The van der Waals surface area contributed by atoms with Crippen LogP contribution < -0.4 is 5.32 Å². The van der Waals surface area contributed by atoms with E-state index in [4.69, 9.17) is 10.00 Å². The number of nitrogens with zero attached hydrogens (tertiary/aromatic N) is 2. The average Bonchev–Trinajstić information content (AvgIpc) is 2.86. The second-order valence-electron chi connectivity index (χ2n) is 8.84. The van der Waals surface area contributed by atoms with E-state index in [9.17, 15) is 23.1 Å². The first kappa shape index (κ1) is 26.7. The number of aliphatic hydroxyl groups is 1. The molecule has 3 rings (SSSR count). The van der Waals surface area contributed by atoms with Crippen molar-refractivity contribution >= 4 is 6.09 Å². The number of rotatable bonds is 7. The van der Waals surface area contributed by atoms with Gasteiger partial charge in [-0.2, -0.15) is 18.4 Å². The Morgan fingerprint density at radius 2 is 1.72 bits per heavy atom. The summed E-state index contributed by atoms with van der Waals surface area (Å²) in [6.07, 6.45) is -6.41. The molecule has 36 heavy (non-hydrogen) atoms. The predicted molar refractivity (Wildman–Crippen MR) is 127 cm³/mol. The summed E-state index contributed by atoms with van der Waals surface area (Å²) in [4.78, 5) is 16.7. The number of amides is 1. The summed E-state index contributed by atoms with van der Waals surface area (Å²) in [5, 5.41) is 22.3. The number of alkyl carbamates (subject to hydrolysis) is 1. The van der Waals surface area contributed by atoms with Crippen molar-refractivity contribution in [2.45, 2.75) is 51.1 Å². The van der Waals surface area contributed by atoms with Crippen molar-refractivity contribution in [1.29, 1.82) is 5.26 Å². The van der Waals surface area contributed by atoms with E-state index in [2.05, 4.69) is 10.3 Å². The Morgan fingerprint density at radius 1 is 1.08 bits per heavy atom. The van der Waals surface area contributed by atoms with Gasteiger partial charge in [0.15, 0.2) is 0 Å². The summed E-state index contributed by atoms with van der Waals surface area (Å²) >= 11 is 0. The van der Waals surface area contributed by atoms with Crippen LogP contribution in [0.2, 0.25) is 0 Å². The van der Waals surface area contributed by atoms with E-state index in [0.29, 0.717) is 11.1 Å². The Balaban J connectivity index is 2.00. The van der Waals surface area contributed by atoms with E-state index in [1.54, 1.807) is 50.2 Å². The van der Waals surface area contributed by atoms with Gasteiger partial charge in [0.25, 0.3) is 0 Å². The lowest BCUT2D eigenvalue weighted by Gasteiger charge is -2.32. The lowest BCUT2D eigenvalue weighted by atomic mass is 9.88. The molecule has 6 nitrogen and oxygen atoms in total. The minimum atomic E-state index is -4.98. The zero-order valence-corrected chi connectivity index (χ0v) is 20.1. The van der Waals surface area contributed by atoms with Crippen molar-refractivity contribution < 1.29 is 27.8 Å². The smallest absolute Gasteiger partial charge is 0.422 e. The number of carbonyl (C=O) groups excluding carboxylic acids is 1. The monoisotopic (exact) mass is 497 g/mol. The fourth-order valence-corrected chi connectivity index (χ4v) is 3.58. The number of carbonyl (C=O) groups is 1. The van der Waals surface area contributed by atoms with Gasteiger partial charge >= 0.3 is 12.3 Å². The average molecular weight is 498 g/mol. The molecule has 1 aromatic heterocycles. The van der Waals surface area contributed by atoms with E-state index in [1.165, 1.54) is 25.1 Å². The molecule has 0 radical (unpaired) electrons. The first-order valence-corrected chi connectivity index (χ1v) is 11.2. The quantitative estimate of drug-likeness (QED) is 0.421. The molecule has 0 aliphatic heterocycles. The van der Waals surface area contributed by atoms with Crippen molar-refractivity contribution in [3.63, 3.8) is 0 Å². The zero-order chi connectivity index (χ0) is 26.6. The van der Waals surface area contributed by atoms with Crippen LogP contribution in [0.25, 0.3) is 11.3 Å². The van der Waals surface area contributed by atoms with E-state index in [1.807, 2.05) is 12.1 Å². The van der Waals surface area contributed by atoms with Gasteiger partial charge < -0.3 is 15.2 Å². The number of ether oxygens (including phenoxy) is 1. The second kappa shape index (κ2) is 10.4. The number of alkyl halides is 3. The van der Waals surface area contributed by atoms with Crippen LogP contribution in [0.4, 0.5) is 18.0 Å². The number of aromatic nitrogens is 1. The Kier molecular flexibility index (Phi) is 7.70. The summed E-state index contributed by atoms with van der Waals surface area (Å²) in [7, 11) is 0. The molecule has 2 aromatic carbocycles. The number of hydrogen-bond acceptors (Lipinski definition) is 5. The van der Waals surface area contributed by atoms with Crippen LogP contribution in [0, 0.1) is 11.3 Å². The van der Waals surface area contributed by atoms with E-state index in [-0.39, 0.29) is 17.9 Å². The molecular formula is C27H26F3N3O3. The van der Waals surface area contributed by atoms with Crippen LogP contribution in [-0.4, -0.2) is 22.4 Å². The normalized spacial score (nSPS) is 13.4. The SMILES string of the molecule is CCC(O)(c1cc(C(C)(C)NC(=O)OCc2ccccc2)cc(-c2ccc(C#N)cc2)n1)C(F)(F)F. The van der Waals surface area contributed by atoms with Crippen molar-refractivity contribution in [2.24, 2.45) is 0 Å². The lowest BCUT2D eigenvalue weighted by Crippen LogP contribution is -2.44. The number of nitriles is 1. The summed E-state index contributed by atoms with van der Waals surface area (Å²) in [5.41, 5.74) is -2.96. The van der Waals surface area contributed by atoms with Crippen LogP contribution in [0.5, 0.6) is 0 Å². The molecule has 0 spiro atoms. The highest BCUT2D eigenvalue weighted by atomic mass is 19.4. The molecule has 0 bridgehead atoms. The van der Waals surface area contributed by atoms with E-state index in [0.717, 1.165) is 11.6 Å². The van der Waals surface area contributed by atoms with Gasteiger partial charge in [-0.25, -0.2) is 9.78 Å². The van der Waals surface area contributed by atoms with Gasteiger partial charge in [0.05, 0.1) is 28.6 Å². The molecule has 1 heterocycles. The molecule has 0 saturated heterocycles. The fraction of sp³-hybridized carbons (Fsp3) is 0.296. The van der Waals surface area contributed by atoms with Gasteiger partial charge in [-0.3, -0.25) is 0 Å². The molecule has 0 aliphatic carbocycles. The van der Waals surface area contributed by atoms with Gasteiger partial charge in [-0.15, -0.1) is 0 Å². The van der Waals surface area contributed by atoms with Crippen LogP contribution in [0.3, 0.4) is 0 Å². The van der Waals surface area contributed by atoms with Crippen molar-refractivity contribution in [2.75, 3.05) is 0 Å². The minimum absolute atomic E-state index is 0.0184. The number of pyridine rings is 1. The van der Waals surface area contributed by atoms with Crippen molar-refractivity contribution in [3.8, 4) is 17.3 Å². The minimum Gasteiger partial charge on any atom is -0.445 e. The summed E-state index contributed by atoms with van der Waals surface area (Å²) in [5.74, 6) is 0. The molecule has 0 aliphatic rings. The molecule has 1 amide bonds. The first-order chi connectivity index (χ1) is 16.9. The second-order valence-corrected chi connectivity index (χ2v) is 8.84. The van der Waals surface area contributed by atoms with Crippen LogP contribution in [-0.2, 0) is 22.5 Å². The molecule has 2 N–H and O–H groups in total. The predicted octanol–water partition coefficient (Wildman–Crippen LogP) is 5.94. The molecular weight excluding hydrogens is 471 g/mol. The highest BCUT2D eigenvalue weighted by molar-refractivity contribution is 5.69. The van der Waals surface area contributed by atoms with Gasteiger partial charge in [0.2, 0.25) is 5.60 Å². The number of hydrogen-bond donors (Lipinski definition) is 2. The Morgan fingerprint density at radius 3 is 2.28 bits per heavy atom. The number of halogens is 3.